The molecule has 3 nitrogen and oxygen atoms in total. The molecule has 0 saturated heterocycles. The monoisotopic (exact) mass is 247 g/mol. The van der Waals surface area contributed by atoms with Crippen LogP contribution in [0, 0.1) is 5.92 Å². The molecule has 0 fully saturated rings. The van der Waals surface area contributed by atoms with Crippen LogP contribution >= 0.6 is 0 Å². The van der Waals surface area contributed by atoms with Gasteiger partial charge in [0.05, 0.1) is 12.9 Å². The Bertz CT molecular complexity index is 490. The quantitative estimate of drug-likeness (QED) is 0.824. The van der Waals surface area contributed by atoms with Crippen LogP contribution in [0.5, 0.6) is 0 Å². The number of rotatable bonds is 6. The predicted molar refractivity (Wildman–Crippen MR) is 73.6 cm³/mol. The third-order valence-electron chi connectivity index (χ3n) is 3.36. The van der Waals surface area contributed by atoms with Crippen molar-refractivity contribution in [1.29, 1.82) is 0 Å². The van der Waals surface area contributed by atoms with Crippen molar-refractivity contribution in [3.8, 4) is 0 Å². The molecule has 0 aliphatic heterocycles. The van der Waals surface area contributed by atoms with Crippen LogP contribution in [0.2, 0.25) is 0 Å². The lowest BCUT2D eigenvalue weighted by molar-refractivity contribution is 0.212. The van der Waals surface area contributed by atoms with Crippen molar-refractivity contribution in [3.63, 3.8) is 0 Å². The van der Waals surface area contributed by atoms with Gasteiger partial charge in [0.25, 0.3) is 0 Å². The molecule has 3 heteroatoms. The van der Waals surface area contributed by atoms with Crippen LogP contribution in [0.15, 0.2) is 34.9 Å². The molecule has 1 unspecified atom stereocenters. The average Bonchev–Trinajstić information content (AvgIpc) is 2.78. The summed E-state index contributed by atoms with van der Waals surface area (Å²) >= 11 is 0. The summed E-state index contributed by atoms with van der Waals surface area (Å²) in [5.74, 6) is 0.441. The lowest BCUT2D eigenvalue weighted by Gasteiger charge is -2.19. The molecule has 0 radical (unpaired) electrons. The van der Waals surface area contributed by atoms with E-state index in [4.69, 9.17) is 4.42 Å². The second-order valence-corrected chi connectivity index (χ2v) is 4.99. The van der Waals surface area contributed by atoms with Gasteiger partial charge in [-0.15, -0.1) is 0 Å². The second kappa shape index (κ2) is 6.03. The fourth-order valence-corrected chi connectivity index (χ4v) is 2.13. The van der Waals surface area contributed by atoms with Crippen molar-refractivity contribution in [2.24, 2.45) is 5.92 Å². The largest absolute Gasteiger partial charge is 0.464 e. The van der Waals surface area contributed by atoms with Crippen LogP contribution in [0.25, 0.3) is 11.0 Å². The summed E-state index contributed by atoms with van der Waals surface area (Å²) < 4.78 is 5.50. The Morgan fingerprint density at radius 1 is 1.28 bits per heavy atom. The van der Waals surface area contributed by atoms with Gasteiger partial charge in [0, 0.05) is 11.4 Å². The maximum atomic E-state index is 9.24. The third-order valence-corrected chi connectivity index (χ3v) is 3.36. The first-order valence-electron chi connectivity index (χ1n) is 6.51. The minimum atomic E-state index is 0.170. The standard InChI is InChI=1S/C15H21NO2/c1-11(2)14(9-17)16-8-7-12-10-18-15-6-4-3-5-13(12)15/h3-6,10-11,14,16-17H,7-9H2,1-2H3. The van der Waals surface area contributed by atoms with E-state index in [1.54, 1.807) is 0 Å². The lowest BCUT2D eigenvalue weighted by atomic mass is 10.0. The number of para-hydroxylation sites is 1. The van der Waals surface area contributed by atoms with E-state index in [1.807, 2.05) is 24.5 Å². The van der Waals surface area contributed by atoms with E-state index < -0.39 is 0 Å². The number of aliphatic hydroxyl groups excluding tert-OH is 1. The van der Waals surface area contributed by atoms with Gasteiger partial charge >= 0.3 is 0 Å². The van der Waals surface area contributed by atoms with Gasteiger partial charge in [0.1, 0.15) is 5.58 Å². The molecule has 98 valence electrons. The van der Waals surface area contributed by atoms with Crippen molar-refractivity contribution in [2.45, 2.75) is 26.3 Å². The fourth-order valence-electron chi connectivity index (χ4n) is 2.13. The first-order chi connectivity index (χ1) is 8.72. The Morgan fingerprint density at radius 3 is 2.78 bits per heavy atom. The number of fused-ring (bicyclic) bond motifs is 1. The van der Waals surface area contributed by atoms with Gasteiger partial charge in [-0.25, -0.2) is 0 Å². The summed E-state index contributed by atoms with van der Waals surface area (Å²) in [5.41, 5.74) is 2.16. The van der Waals surface area contributed by atoms with E-state index in [2.05, 4.69) is 25.2 Å². The summed E-state index contributed by atoms with van der Waals surface area (Å²) in [7, 11) is 0. The Labute approximate surface area is 108 Å². The smallest absolute Gasteiger partial charge is 0.134 e. The molecule has 0 aliphatic rings. The van der Waals surface area contributed by atoms with Crippen molar-refractivity contribution >= 4 is 11.0 Å². The molecule has 0 saturated carbocycles. The molecule has 1 aromatic heterocycles. The molecule has 2 rings (SSSR count). The number of furan rings is 1. The summed E-state index contributed by atoms with van der Waals surface area (Å²) in [6.45, 7) is 5.26. The Hall–Kier alpha value is -1.32. The first kappa shape index (κ1) is 13.1. The van der Waals surface area contributed by atoms with E-state index in [0.717, 1.165) is 18.5 Å². The van der Waals surface area contributed by atoms with Gasteiger partial charge in [0.2, 0.25) is 0 Å². The van der Waals surface area contributed by atoms with Gasteiger partial charge in [-0.05, 0) is 30.5 Å². The molecule has 0 spiro atoms. The van der Waals surface area contributed by atoms with Crippen molar-refractivity contribution in [2.75, 3.05) is 13.2 Å². The number of benzene rings is 1. The maximum absolute atomic E-state index is 9.24. The van der Waals surface area contributed by atoms with Crippen molar-refractivity contribution in [1.82, 2.24) is 5.32 Å². The number of hydrogen-bond donors (Lipinski definition) is 2. The summed E-state index contributed by atoms with van der Waals surface area (Å²) in [6, 6.07) is 8.24. The topological polar surface area (TPSA) is 45.4 Å². The highest BCUT2D eigenvalue weighted by molar-refractivity contribution is 5.80. The second-order valence-electron chi connectivity index (χ2n) is 4.99. The zero-order valence-electron chi connectivity index (χ0n) is 11.0. The van der Waals surface area contributed by atoms with Gasteiger partial charge < -0.3 is 14.8 Å². The number of aliphatic hydroxyl groups is 1. The molecule has 2 N–H and O–H groups in total. The van der Waals surface area contributed by atoms with Gasteiger partial charge in [0.15, 0.2) is 0 Å². The molecule has 1 atom stereocenters. The molecule has 0 bridgehead atoms. The SMILES string of the molecule is CC(C)C(CO)NCCc1coc2ccccc12. The van der Waals surface area contributed by atoms with Crippen molar-refractivity contribution < 1.29 is 9.52 Å². The summed E-state index contributed by atoms with van der Waals surface area (Å²) in [6.07, 6.45) is 2.75. The lowest BCUT2D eigenvalue weighted by Crippen LogP contribution is -2.38. The van der Waals surface area contributed by atoms with Crippen LogP contribution in [0.4, 0.5) is 0 Å². The molecule has 2 aromatic rings. The van der Waals surface area contributed by atoms with E-state index in [1.165, 1.54) is 10.9 Å². The predicted octanol–water partition coefficient (Wildman–Crippen LogP) is 2.58. The Kier molecular flexibility index (Phi) is 4.39. The highest BCUT2D eigenvalue weighted by Crippen LogP contribution is 2.20. The third kappa shape index (κ3) is 2.92. The average molecular weight is 247 g/mol. The highest BCUT2D eigenvalue weighted by atomic mass is 16.3. The minimum Gasteiger partial charge on any atom is -0.464 e. The Balaban J connectivity index is 1.94. The van der Waals surface area contributed by atoms with E-state index in [9.17, 15) is 5.11 Å². The zero-order valence-corrected chi connectivity index (χ0v) is 11.0. The number of hydrogen-bond acceptors (Lipinski definition) is 3. The molecule has 1 aromatic carbocycles. The van der Waals surface area contributed by atoms with E-state index in [0.29, 0.717) is 5.92 Å². The fraction of sp³-hybridized carbons (Fsp3) is 0.467. The summed E-state index contributed by atoms with van der Waals surface area (Å²) in [4.78, 5) is 0. The molecule has 0 aliphatic carbocycles. The van der Waals surface area contributed by atoms with Crippen LogP contribution in [-0.4, -0.2) is 24.3 Å². The molecule has 0 amide bonds. The zero-order chi connectivity index (χ0) is 13.0. The molecular formula is C15H21NO2. The van der Waals surface area contributed by atoms with Crippen LogP contribution in [-0.2, 0) is 6.42 Å². The normalized spacial score (nSPS) is 13.3. The van der Waals surface area contributed by atoms with Gasteiger partial charge in [-0.2, -0.15) is 0 Å². The van der Waals surface area contributed by atoms with E-state index in [-0.39, 0.29) is 12.6 Å². The van der Waals surface area contributed by atoms with Gasteiger partial charge in [-0.3, -0.25) is 0 Å². The van der Waals surface area contributed by atoms with Crippen LogP contribution in [0.1, 0.15) is 19.4 Å². The maximum Gasteiger partial charge on any atom is 0.134 e. The molecule has 18 heavy (non-hydrogen) atoms. The van der Waals surface area contributed by atoms with E-state index >= 15 is 0 Å². The van der Waals surface area contributed by atoms with Crippen molar-refractivity contribution in [3.05, 3.63) is 36.1 Å². The Morgan fingerprint density at radius 2 is 2.06 bits per heavy atom. The first-order valence-corrected chi connectivity index (χ1v) is 6.51. The van der Waals surface area contributed by atoms with Gasteiger partial charge in [-0.1, -0.05) is 32.0 Å². The number of nitrogens with one attached hydrogen (secondary N) is 1. The molecule has 1 heterocycles. The molecular weight excluding hydrogens is 226 g/mol. The summed E-state index contributed by atoms with van der Waals surface area (Å²) in [5, 5.41) is 13.8. The van der Waals surface area contributed by atoms with Crippen LogP contribution < -0.4 is 5.32 Å². The highest BCUT2D eigenvalue weighted by Gasteiger charge is 2.11. The van der Waals surface area contributed by atoms with Crippen LogP contribution in [0.3, 0.4) is 0 Å². The minimum absolute atomic E-state index is 0.170.